The summed E-state index contributed by atoms with van der Waals surface area (Å²) in [6.45, 7) is 0.470. The van der Waals surface area contributed by atoms with Gasteiger partial charge in [-0.3, -0.25) is 14.5 Å². The second-order valence-corrected chi connectivity index (χ2v) is 11.8. The van der Waals surface area contributed by atoms with Crippen molar-refractivity contribution < 1.29 is 87.2 Å². The summed E-state index contributed by atoms with van der Waals surface area (Å²) in [5, 5.41) is 25.5. The van der Waals surface area contributed by atoms with Gasteiger partial charge in [-0.15, -0.1) is 0 Å². The average Bonchev–Trinajstić information content (AvgIpc) is 3.64. The van der Waals surface area contributed by atoms with Crippen LogP contribution in [0.5, 0.6) is 5.88 Å². The lowest BCUT2D eigenvalue weighted by molar-refractivity contribution is -0.193. The molecular weight excluding hydrogens is 759 g/mol. The Balaban J connectivity index is 0.000000365. The van der Waals surface area contributed by atoms with Crippen LogP contribution in [0.15, 0.2) is 59.9 Å². The first-order chi connectivity index (χ1) is 23.8. The Morgan fingerprint density at radius 2 is 1.33 bits per heavy atom. The molecule has 3 N–H and O–H groups in total. The number of alkyl halides is 9. The van der Waals surface area contributed by atoms with Crippen molar-refractivity contribution in [1.29, 1.82) is 0 Å². The van der Waals surface area contributed by atoms with E-state index < -0.39 is 58.6 Å². The molecule has 0 bridgehead atoms. The number of ether oxygens (including phenoxy) is 1. The second-order valence-electron chi connectivity index (χ2n) is 9.90. The molecule has 16 nitrogen and oxygen atoms in total. The van der Waals surface area contributed by atoms with Crippen molar-refractivity contribution in [2.75, 3.05) is 13.1 Å². The van der Waals surface area contributed by atoms with E-state index in [1.807, 2.05) is 6.07 Å². The lowest BCUT2D eigenvalue weighted by atomic mass is 10.2. The van der Waals surface area contributed by atoms with Crippen LogP contribution >= 0.6 is 0 Å². The van der Waals surface area contributed by atoms with Gasteiger partial charge in [0.05, 0.1) is 24.8 Å². The molecule has 5 heterocycles. The van der Waals surface area contributed by atoms with Gasteiger partial charge in [-0.05, 0) is 30.3 Å². The number of likely N-dealkylation sites (tertiary alicyclic amines) is 1. The zero-order valence-electron chi connectivity index (χ0n) is 25.7. The molecule has 52 heavy (non-hydrogen) atoms. The second kappa shape index (κ2) is 16.7. The summed E-state index contributed by atoms with van der Waals surface area (Å²) >= 11 is 0. The van der Waals surface area contributed by atoms with Gasteiger partial charge < -0.3 is 25.0 Å². The number of carbonyl (C=O) groups is 4. The quantitative estimate of drug-likeness (QED) is 0.326. The van der Waals surface area contributed by atoms with Gasteiger partial charge in [0.15, 0.2) is 0 Å². The number of rotatable bonds is 3. The lowest BCUT2D eigenvalue weighted by Gasteiger charge is -2.27. The highest BCUT2D eigenvalue weighted by Crippen LogP contribution is 2.36. The molecule has 2 aliphatic heterocycles. The van der Waals surface area contributed by atoms with E-state index in [4.69, 9.17) is 34.4 Å². The summed E-state index contributed by atoms with van der Waals surface area (Å²) < 4.78 is 131. The summed E-state index contributed by atoms with van der Waals surface area (Å²) in [4.78, 5) is 49.7. The van der Waals surface area contributed by atoms with Gasteiger partial charge in [0, 0.05) is 32.2 Å². The fourth-order valence-electron chi connectivity index (χ4n) is 3.97. The Kier molecular flexibility index (Phi) is 13.7. The number of carbonyl (C=O) groups excluding carboxylic acids is 1. The van der Waals surface area contributed by atoms with Gasteiger partial charge in [-0.25, -0.2) is 27.8 Å². The number of aliphatic carboxylic acids is 3. The topological polar surface area (TPSA) is 222 Å². The van der Waals surface area contributed by atoms with Gasteiger partial charge >= 0.3 is 36.4 Å². The molecule has 2 atom stereocenters. The minimum absolute atomic E-state index is 0.0166. The van der Waals surface area contributed by atoms with Crippen LogP contribution < -0.4 is 4.74 Å². The summed E-state index contributed by atoms with van der Waals surface area (Å²) in [6, 6.07) is 9.45. The van der Waals surface area contributed by atoms with Crippen LogP contribution in [0.1, 0.15) is 16.2 Å². The van der Waals surface area contributed by atoms with Crippen molar-refractivity contribution in [3.63, 3.8) is 0 Å². The Hall–Kier alpha value is -5.53. The summed E-state index contributed by atoms with van der Waals surface area (Å²) in [7, 11) is -2.20. The molecule has 0 radical (unpaired) electrons. The number of carboxylic acid groups (broad SMARTS) is 3. The number of carboxylic acids is 3. The molecule has 1 fully saturated rings. The number of amides is 1. The standard InChI is InChI=1S/C20H20N6O4S.3C2HF3O2/c1-24-10-7-15(23-24)20(27)25-12-16-17(13-25)30-19-18(6-4-9-22-19)31(28,29)26(16)11-14-5-2-3-8-21-14;3*3-2(4,5)1(6)7/h2-10,16-17H,11-13H2,1H3;3*(H,6,7). The van der Waals surface area contributed by atoms with E-state index in [2.05, 4.69) is 15.1 Å². The highest BCUT2D eigenvalue weighted by molar-refractivity contribution is 7.89. The van der Waals surface area contributed by atoms with Crippen molar-refractivity contribution in [2.24, 2.45) is 7.05 Å². The first kappa shape index (κ1) is 42.6. The summed E-state index contributed by atoms with van der Waals surface area (Å²) in [5.41, 5.74) is 0.906. The number of fused-ring (bicyclic) bond motifs is 2. The van der Waals surface area contributed by atoms with Crippen molar-refractivity contribution in [3.05, 3.63) is 66.4 Å². The van der Waals surface area contributed by atoms with Crippen LogP contribution in [0.25, 0.3) is 0 Å². The van der Waals surface area contributed by atoms with Crippen LogP contribution in [0.4, 0.5) is 39.5 Å². The number of hydrogen-bond acceptors (Lipinski definition) is 10. The van der Waals surface area contributed by atoms with Gasteiger partial charge in [0.2, 0.25) is 15.9 Å². The number of halogens is 9. The van der Waals surface area contributed by atoms with E-state index in [1.165, 1.54) is 16.6 Å². The number of pyridine rings is 2. The zero-order chi connectivity index (χ0) is 39.8. The van der Waals surface area contributed by atoms with Gasteiger partial charge in [-0.2, -0.15) is 48.9 Å². The van der Waals surface area contributed by atoms with Crippen LogP contribution in [-0.4, -0.2) is 120 Å². The fourth-order valence-corrected chi connectivity index (χ4v) is 5.65. The Labute approximate surface area is 284 Å². The predicted octanol–water partition coefficient (Wildman–Crippen LogP) is 2.59. The smallest absolute Gasteiger partial charge is 0.475 e. The maximum absolute atomic E-state index is 13.6. The molecule has 3 aromatic heterocycles. The predicted molar refractivity (Wildman–Crippen MR) is 150 cm³/mol. The third-order valence-corrected chi connectivity index (χ3v) is 8.07. The number of aromatic nitrogens is 4. The number of nitrogens with zero attached hydrogens (tertiary/aromatic N) is 6. The molecule has 286 valence electrons. The van der Waals surface area contributed by atoms with Crippen LogP contribution in [-0.2, 0) is 38.0 Å². The minimum Gasteiger partial charge on any atom is -0.475 e. The SMILES string of the molecule is Cn1ccc(C(=O)N2CC3Oc4ncccc4S(=O)(=O)N(Cc4ccccn4)C3C2)n1.O=C(O)C(F)(F)F.O=C(O)C(F)(F)F.O=C(O)C(F)(F)F. The van der Waals surface area contributed by atoms with Crippen molar-refractivity contribution in [1.82, 2.24) is 29.0 Å². The molecular formula is C26H23F9N6O10S. The van der Waals surface area contributed by atoms with Crippen LogP contribution in [0, 0.1) is 0 Å². The highest BCUT2D eigenvalue weighted by atomic mass is 32.2. The zero-order valence-corrected chi connectivity index (χ0v) is 26.5. The van der Waals surface area contributed by atoms with E-state index >= 15 is 0 Å². The van der Waals surface area contributed by atoms with E-state index in [0.29, 0.717) is 11.4 Å². The first-order valence-corrected chi connectivity index (χ1v) is 14.9. The molecule has 1 saturated heterocycles. The molecule has 2 aliphatic rings. The van der Waals surface area contributed by atoms with Crippen molar-refractivity contribution in [2.45, 2.75) is 42.1 Å². The van der Waals surface area contributed by atoms with E-state index in [-0.39, 0.29) is 36.3 Å². The fraction of sp³-hybridized carbons (Fsp3) is 0.346. The normalized spacial score (nSPS) is 17.8. The van der Waals surface area contributed by atoms with Crippen LogP contribution in [0.3, 0.4) is 0 Å². The number of aryl methyl sites for hydroxylation is 1. The Morgan fingerprint density at radius 3 is 1.77 bits per heavy atom. The van der Waals surface area contributed by atoms with Crippen molar-refractivity contribution in [3.8, 4) is 5.88 Å². The monoisotopic (exact) mass is 782 g/mol. The van der Waals surface area contributed by atoms with Crippen LogP contribution in [0.2, 0.25) is 0 Å². The number of sulfonamides is 1. The Bertz CT molecular complexity index is 1780. The minimum atomic E-state index is -5.08. The van der Waals surface area contributed by atoms with E-state index in [0.717, 1.165) is 0 Å². The molecule has 0 spiro atoms. The van der Waals surface area contributed by atoms with E-state index in [9.17, 15) is 52.7 Å². The molecule has 0 saturated carbocycles. The highest BCUT2D eigenvalue weighted by Gasteiger charge is 2.49. The molecule has 2 unspecified atom stereocenters. The van der Waals surface area contributed by atoms with Gasteiger partial charge in [0.25, 0.3) is 5.91 Å². The summed E-state index contributed by atoms with van der Waals surface area (Å²) in [6.07, 6.45) is -11.0. The molecule has 1 amide bonds. The maximum atomic E-state index is 13.6. The molecule has 0 aromatic carbocycles. The maximum Gasteiger partial charge on any atom is 0.490 e. The third-order valence-electron chi connectivity index (χ3n) is 6.18. The Morgan fingerprint density at radius 1 is 0.808 bits per heavy atom. The van der Waals surface area contributed by atoms with Gasteiger partial charge in [-0.1, -0.05) is 6.07 Å². The molecule has 3 aromatic rings. The van der Waals surface area contributed by atoms with Gasteiger partial charge in [0.1, 0.15) is 16.7 Å². The molecule has 26 heteroatoms. The largest absolute Gasteiger partial charge is 0.490 e. The molecule has 5 rings (SSSR count). The summed E-state index contributed by atoms with van der Waals surface area (Å²) in [5.74, 6) is -8.49. The van der Waals surface area contributed by atoms with E-state index in [1.54, 1.807) is 53.3 Å². The first-order valence-electron chi connectivity index (χ1n) is 13.5. The number of hydrogen-bond donors (Lipinski definition) is 3. The third kappa shape index (κ3) is 11.8. The van der Waals surface area contributed by atoms with Crippen molar-refractivity contribution >= 4 is 33.8 Å². The molecule has 0 aliphatic carbocycles. The average molecular weight is 783 g/mol. The lowest BCUT2D eigenvalue weighted by Crippen LogP contribution is -2.46.